The molecule has 1 aromatic rings. The van der Waals surface area contributed by atoms with Crippen LogP contribution in [0.3, 0.4) is 0 Å². The summed E-state index contributed by atoms with van der Waals surface area (Å²) in [6.45, 7) is 4.57. The second-order valence-electron chi connectivity index (χ2n) is 4.63. The Kier molecular flexibility index (Phi) is 5.20. The average Bonchev–Trinajstić information content (AvgIpc) is 2.33. The van der Waals surface area contributed by atoms with Crippen molar-refractivity contribution in [3.8, 4) is 0 Å². The van der Waals surface area contributed by atoms with Crippen molar-refractivity contribution in [3.05, 3.63) is 29.8 Å². The van der Waals surface area contributed by atoms with Crippen LogP contribution in [-0.4, -0.2) is 19.0 Å². The van der Waals surface area contributed by atoms with Crippen LogP contribution in [-0.2, 0) is 11.0 Å². The van der Waals surface area contributed by atoms with Crippen molar-refractivity contribution in [3.63, 3.8) is 0 Å². The minimum atomic E-state index is -4.34. The van der Waals surface area contributed by atoms with Gasteiger partial charge in [-0.3, -0.25) is 4.79 Å². The van der Waals surface area contributed by atoms with Gasteiger partial charge in [-0.15, -0.1) is 0 Å². The molecule has 0 radical (unpaired) electrons. The van der Waals surface area contributed by atoms with Crippen LogP contribution >= 0.6 is 0 Å². The van der Waals surface area contributed by atoms with Gasteiger partial charge in [-0.25, -0.2) is 0 Å². The molecule has 0 aliphatic carbocycles. The van der Waals surface area contributed by atoms with E-state index in [4.69, 9.17) is 0 Å². The van der Waals surface area contributed by atoms with Gasteiger partial charge in [0.2, 0.25) is 5.91 Å². The van der Waals surface area contributed by atoms with Gasteiger partial charge in [0.05, 0.1) is 12.1 Å². The molecule has 19 heavy (non-hydrogen) atoms. The molecule has 106 valence electrons. The SMILES string of the molecule is CC(C)CNC(=O)CNc1ccc(C(F)(F)F)cc1. The second kappa shape index (κ2) is 6.45. The maximum absolute atomic E-state index is 12.3. The highest BCUT2D eigenvalue weighted by Gasteiger charge is 2.29. The maximum atomic E-state index is 12.3. The number of carbonyl (C=O) groups is 1. The van der Waals surface area contributed by atoms with Crippen LogP contribution in [0.1, 0.15) is 19.4 Å². The third-order valence-corrected chi connectivity index (χ3v) is 2.37. The zero-order valence-electron chi connectivity index (χ0n) is 10.8. The highest BCUT2D eigenvalue weighted by atomic mass is 19.4. The van der Waals surface area contributed by atoms with Crippen LogP contribution in [0.4, 0.5) is 18.9 Å². The Bertz CT molecular complexity index is 413. The summed E-state index contributed by atoms with van der Waals surface area (Å²) in [5.41, 5.74) is -0.227. The van der Waals surface area contributed by atoms with E-state index in [9.17, 15) is 18.0 Å². The summed E-state index contributed by atoms with van der Waals surface area (Å²) in [4.78, 5) is 11.4. The van der Waals surface area contributed by atoms with Gasteiger partial charge in [-0.05, 0) is 30.2 Å². The molecule has 0 spiro atoms. The van der Waals surface area contributed by atoms with E-state index in [0.29, 0.717) is 18.2 Å². The first kappa shape index (κ1) is 15.3. The number of halogens is 3. The zero-order valence-corrected chi connectivity index (χ0v) is 10.8. The van der Waals surface area contributed by atoms with Crippen molar-refractivity contribution in [1.82, 2.24) is 5.32 Å². The lowest BCUT2D eigenvalue weighted by molar-refractivity contribution is -0.137. The van der Waals surface area contributed by atoms with Gasteiger partial charge in [-0.2, -0.15) is 13.2 Å². The fourth-order valence-electron chi connectivity index (χ4n) is 1.34. The van der Waals surface area contributed by atoms with E-state index >= 15 is 0 Å². The monoisotopic (exact) mass is 274 g/mol. The Labute approximate surface area is 110 Å². The molecule has 0 bridgehead atoms. The molecule has 1 rings (SSSR count). The number of amides is 1. The van der Waals surface area contributed by atoms with E-state index in [1.165, 1.54) is 12.1 Å². The van der Waals surface area contributed by atoms with Gasteiger partial charge in [0.15, 0.2) is 0 Å². The summed E-state index contributed by atoms with van der Waals surface area (Å²) in [5.74, 6) is 0.170. The van der Waals surface area contributed by atoms with Crippen molar-refractivity contribution in [2.24, 2.45) is 5.92 Å². The van der Waals surface area contributed by atoms with Crippen LogP contribution in [0.5, 0.6) is 0 Å². The Hall–Kier alpha value is -1.72. The highest BCUT2D eigenvalue weighted by molar-refractivity contribution is 5.80. The summed E-state index contributed by atoms with van der Waals surface area (Å²) >= 11 is 0. The van der Waals surface area contributed by atoms with Crippen molar-refractivity contribution in [1.29, 1.82) is 0 Å². The standard InChI is InChI=1S/C13H17F3N2O/c1-9(2)7-18-12(19)8-17-11-5-3-10(4-6-11)13(14,15)16/h3-6,9,17H,7-8H2,1-2H3,(H,18,19). The molecule has 0 aromatic heterocycles. The number of nitrogens with one attached hydrogen (secondary N) is 2. The highest BCUT2D eigenvalue weighted by Crippen LogP contribution is 2.29. The van der Waals surface area contributed by atoms with Crippen LogP contribution < -0.4 is 10.6 Å². The summed E-state index contributed by atoms with van der Waals surface area (Å²) < 4.78 is 37.0. The third kappa shape index (κ3) is 5.63. The number of rotatable bonds is 5. The summed E-state index contributed by atoms with van der Waals surface area (Å²) in [5, 5.41) is 5.47. The average molecular weight is 274 g/mol. The number of carbonyl (C=O) groups excluding carboxylic acids is 1. The molecule has 0 unspecified atom stereocenters. The molecule has 1 amide bonds. The van der Waals surface area contributed by atoms with Crippen molar-refractivity contribution < 1.29 is 18.0 Å². The lowest BCUT2D eigenvalue weighted by atomic mass is 10.2. The molecule has 3 nitrogen and oxygen atoms in total. The Balaban J connectivity index is 2.44. The van der Waals surface area contributed by atoms with Crippen LogP contribution in [0.2, 0.25) is 0 Å². The normalized spacial score (nSPS) is 11.5. The minimum Gasteiger partial charge on any atom is -0.376 e. The molecular formula is C13H17F3N2O. The molecule has 0 saturated carbocycles. The fourth-order valence-corrected chi connectivity index (χ4v) is 1.34. The van der Waals surface area contributed by atoms with Gasteiger partial charge >= 0.3 is 6.18 Å². The third-order valence-electron chi connectivity index (χ3n) is 2.37. The number of hydrogen-bond acceptors (Lipinski definition) is 2. The lowest BCUT2D eigenvalue weighted by Gasteiger charge is -2.10. The number of alkyl halides is 3. The molecular weight excluding hydrogens is 257 g/mol. The fraction of sp³-hybridized carbons (Fsp3) is 0.462. The lowest BCUT2D eigenvalue weighted by Crippen LogP contribution is -2.32. The zero-order chi connectivity index (χ0) is 14.5. The van der Waals surface area contributed by atoms with Gasteiger partial charge in [0, 0.05) is 12.2 Å². The summed E-state index contributed by atoms with van der Waals surface area (Å²) in [7, 11) is 0. The molecule has 1 aromatic carbocycles. The van der Waals surface area contributed by atoms with Crippen molar-refractivity contribution in [2.45, 2.75) is 20.0 Å². The summed E-state index contributed by atoms with van der Waals surface area (Å²) in [6, 6.07) is 4.57. The van der Waals surface area contributed by atoms with Crippen molar-refractivity contribution >= 4 is 11.6 Å². The van der Waals surface area contributed by atoms with E-state index in [-0.39, 0.29) is 12.5 Å². The van der Waals surface area contributed by atoms with Crippen LogP contribution in [0, 0.1) is 5.92 Å². The van der Waals surface area contributed by atoms with Crippen LogP contribution in [0.15, 0.2) is 24.3 Å². The predicted octanol–water partition coefficient (Wildman–Crippen LogP) is 2.89. The molecule has 0 heterocycles. The first-order valence-electron chi connectivity index (χ1n) is 5.97. The number of anilines is 1. The molecule has 0 fully saturated rings. The Morgan fingerprint density at radius 2 is 1.79 bits per heavy atom. The topological polar surface area (TPSA) is 41.1 Å². The number of hydrogen-bond donors (Lipinski definition) is 2. The van der Waals surface area contributed by atoms with Gasteiger partial charge in [0.1, 0.15) is 0 Å². The minimum absolute atomic E-state index is 0.0398. The Morgan fingerprint density at radius 3 is 2.26 bits per heavy atom. The van der Waals surface area contributed by atoms with Crippen molar-refractivity contribution in [2.75, 3.05) is 18.4 Å². The number of benzene rings is 1. The largest absolute Gasteiger partial charge is 0.416 e. The van der Waals surface area contributed by atoms with Gasteiger partial charge in [0.25, 0.3) is 0 Å². The van der Waals surface area contributed by atoms with E-state index in [2.05, 4.69) is 10.6 Å². The second-order valence-corrected chi connectivity index (χ2v) is 4.63. The van der Waals surface area contributed by atoms with E-state index in [1.54, 1.807) is 0 Å². The molecule has 0 saturated heterocycles. The van der Waals surface area contributed by atoms with E-state index in [1.807, 2.05) is 13.8 Å². The quantitative estimate of drug-likeness (QED) is 0.866. The smallest absolute Gasteiger partial charge is 0.376 e. The molecule has 2 N–H and O–H groups in total. The molecule has 0 aliphatic heterocycles. The first-order chi connectivity index (χ1) is 8.79. The first-order valence-corrected chi connectivity index (χ1v) is 5.97. The van der Waals surface area contributed by atoms with Gasteiger partial charge in [-0.1, -0.05) is 13.8 Å². The van der Waals surface area contributed by atoms with E-state index in [0.717, 1.165) is 12.1 Å². The molecule has 0 aliphatic rings. The van der Waals surface area contributed by atoms with Gasteiger partial charge < -0.3 is 10.6 Å². The maximum Gasteiger partial charge on any atom is 0.416 e. The van der Waals surface area contributed by atoms with E-state index < -0.39 is 11.7 Å². The van der Waals surface area contributed by atoms with Crippen LogP contribution in [0.25, 0.3) is 0 Å². The molecule has 0 atom stereocenters. The Morgan fingerprint density at radius 1 is 1.21 bits per heavy atom. The predicted molar refractivity (Wildman–Crippen MR) is 67.8 cm³/mol. The molecule has 6 heteroatoms. The summed E-state index contributed by atoms with van der Waals surface area (Å²) in [6.07, 6.45) is -4.34.